The van der Waals surface area contributed by atoms with E-state index in [0.29, 0.717) is 12.5 Å². The van der Waals surface area contributed by atoms with Gasteiger partial charge in [0, 0.05) is 6.61 Å². The summed E-state index contributed by atoms with van der Waals surface area (Å²) in [5.74, 6) is 0.606. The molecule has 1 unspecified atom stereocenters. The van der Waals surface area contributed by atoms with E-state index in [0.717, 1.165) is 19.5 Å². The number of hydrogen-bond acceptors (Lipinski definition) is 2. The Hall–Kier alpha value is -0.0800. The average Bonchev–Trinajstić information content (AvgIpc) is 1.85. The molecule has 0 fully saturated rings. The normalized spacial score (nSPS) is 13.7. The lowest BCUT2D eigenvalue weighted by Crippen LogP contribution is -2.21. The van der Waals surface area contributed by atoms with Crippen LogP contribution in [0.3, 0.4) is 0 Å². The standard InChI is InChI=1S/C7H17NO/c1-3-8-6-7(2)4-5-9/h7-9H,3-6H2,1-2H3. The predicted octanol–water partition coefficient (Wildman–Crippen LogP) is 0.614. The Balaban J connectivity index is 2.95. The van der Waals surface area contributed by atoms with E-state index < -0.39 is 0 Å². The van der Waals surface area contributed by atoms with E-state index in [2.05, 4.69) is 19.2 Å². The number of rotatable bonds is 5. The SMILES string of the molecule is CCNCC(C)CCO. The van der Waals surface area contributed by atoms with Gasteiger partial charge in [-0.25, -0.2) is 0 Å². The first-order valence-corrected chi connectivity index (χ1v) is 3.62. The Morgan fingerprint density at radius 3 is 2.67 bits per heavy atom. The van der Waals surface area contributed by atoms with Crippen molar-refractivity contribution in [2.45, 2.75) is 20.3 Å². The van der Waals surface area contributed by atoms with Crippen LogP contribution < -0.4 is 5.32 Å². The molecule has 0 amide bonds. The third kappa shape index (κ3) is 5.80. The summed E-state index contributed by atoms with van der Waals surface area (Å²) in [5.41, 5.74) is 0. The smallest absolute Gasteiger partial charge is 0.0434 e. The Bertz CT molecular complexity index is 56.9. The molecule has 0 bridgehead atoms. The Kier molecular flexibility index (Phi) is 5.99. The molecule has 0 aromatic carbocycles. The molecule has 0 aliphatic heterocycles. The molecular formula is C7H17NO. The zero-order chi connectivity index (χ0) is 7.11. The molecule has 0 spiro atoms. The van der Waals surface area contributed by atoms with Crippen LogP contribution in [0.25, 0.3) is 0 Å². The molecule has 56 valence electrons. The second kappa shape index (κ2) is 6.05. The minimum absolute atomic E-state index is 0.312. The predicted molar refractivity (Wildman–Crippen MR) is 39.4 cm³/mol. The van der Waals surface area contributed by atoms with Crippen LogP contribution in [0, 0.1) is 5.92 Å². The van der Waals surface area contributed by atoms with Crippen molar-refractivity contribution in [3.8, 4) is 0 Å². The fourth-order valence-electron chi connectivity index (χ4n) is 0.713. The summed E-state index contributed by atoms with van der Waals surface area (Å²) in [6.07, 6.45) is 0.910. The van der Waals surface area contributed by atoms with Crippen molar-refractivity contribution in [2.75, 3.05) is 19.7 Å². The Labute approximate surface area is 57.3 Å². The van der Waals surface area contributed by atoms with Gasteiger partial charge in [-0.1, -0.05) is 13.8 Å². The molecule has 0 aromatic rings. The molecule has 2 nitrogen and oxygen atoms in total. The van der Waals surface area contributed by atoms with Crippen LogP contribution >= 0.6 is 0 Å². The fourth-order valence-corrected chi connectivity index (χ4v) is 0.713. The van der Waals surface area contributed by atoms with Gasteiger partial charge in [0.25, 0.3) is 0 Å². The van der Waals surface area contributed by atoms with E-state index in [4.69, 9.17) is 5.11 Å². The van der Waals surface area contributed by atoms with Gasteiger partial charge in [-0.15, -0.1) is 0 Å². The highest BCUT2D eigenvalue weighted by atomic mass is 16.3. The number of nitrogens with one attached hydrogen (secondary N) is 1. The van der Waals surface area contributed by atoms with E-state index in [9.17, 15) is 0 Å². The lowest BCUT2D eigenvalue weighted by Gasteiger charge is -2.08. The van der Waals surface area contributed by atoms with E-state index >= 15 is 0 Å². The minimum atomic E-state index is 0.312. The molecule has 1 atom stereocenters. The summed E-state index contributed by atoms with van der Waals surface area (Å²) in [6, 6.07) is 0. The topological polar surface area (TPSA) is 32.3 Å². The van der Waals surface area contributed by atoms with Gasteiger partial charge in [0.15, 0.2) is 0 Å². The van der Waals surface area contributed by atoms with Crippen molar-refractivity contribution in [2.24, 2.45) is 5.92 Å². The van der Waals surface area contributed by atoms with Crippen LogP contribution in [-0.2, 0) is 0 Å². The average molecular weight is 131 g/mol. The van der Waals surface area contributed by atoms with Gasteiger partial charge in [0.1, 0.15) is 0 Å². The highest BCUT2D eigenvalue weighted by Crippen LogP contribution is 1.96. The summed E-state index contributed by atoms with van der Waals surface area (Å²) in [4.78, 5) is 0. The second-order valence-corrected chi connectivity index (χ2v) is 2.43. The highest BCUT2D eigenvalue weighted by molar-refractivity contribution is 4.54. The van der Waals surface area contributed by atoms with Crippen molar-refractivity contribution >= 4 is 0 Å². The molecule has 2 heteroatoms. The quantitative estimate of drug-likeness (QED) is 0.573. The molecule has 0 saturated carbocycles. The van der Waals surface area contributed by atoms with Crippen LogP contribution in [0.1, 0.15) is 20.3 Å². The van der Waals surface area contributed by atoms with Crippen LogP contribution in [0.15, 0.2) is 0 Å². The monoisotopic (exact) mass is 131 g/mol. The molecule has 0 rings (SSSR count). The molecule has 9 heavy (non-hydrogen) atoms. The molecule has 0 saturated heterocycles. The summed E-state index contributed by atoms with van der Waals surface area (Å²) >= 11 is 0. The van der Waals surface area contributed by atoms with E-state index in [1.54, 1.807) is 0 Å². The second-order valence-electron chi connectivity index (χ2n) is 2.43. The zero-order valence-corrected chi connectivity index (χ0v) is 6.35. The highest BCUT2D eigenvalue weighted by Gasteiger charge is 1.97. The Morgan fingerprint density at radius 1 is 1.56 bits per heavy atom. The summed E-state index contributed by atoms with van der Waals surface area (Å²) in [7, 11) is 0. The minimum Gasteiger partial charge on any atom is -0.396 e. The number of aliphatic hydroxyl groups is 1. The lowest BCUT2D eigenvalue weighted by molar-refractivity contribution is 0.260. The van der Waals surface area contributed by atoms with Gasteiger partial charge in [-0.2, -0.15) is 0 Å². The van der Waals surface area contributed by atoms with Gasteiger partial charge >= 0.3 is 0 Å². The number of aliphatic hydroxyl groups excluding tert-OH is 1. The zero-order valence-electron chi connectivity index (χ0n) is 6.35. The number of hydrogen-bond donors (Lipinski definition) is 2. The van der Waals surface area contributed by atoms with Crippen molar-refractivity contribution < 1.29 is 5.11 Å². The lowest BCUT2D eigenvalue weighted by atomic mass is 10.1. The molecule has 0 aromatic heterocycles. The van der Waals surface area contributed by atoms with Gasteiger partial charge in [0.05, 0.1) is 0 Å². The van der Waals surface area contributed by atoms with Gasteiger partial charge in [-0.3, -0.25) is 0 Å². The molecule has 0 heterocycles. The van der Waals surface area contributed by atoms with E-state index in [-0.39, 0.29) is 0 Å². The first-order chi connectivity index (χ1) is 4.31. The third-order valence-corrected chi connectivity index (χ3v) is 1.36. The van der Waals surface area contributed by atoms with Crippen LogP contribution in [-0.4, -0.2) is 24.8 Å². The molecule has 0 radical (unpaired) electrons. The Morgan fingerprint density at radius 2 is 2.22 bits per heavy atom. The summed E-state index contributed by atoms with van der Waals surface area (Å²) in [6.45, 7) is 6.59. The maximum atomic E-state index is 8.51. The van der Waals surface area contributed by atoms with Crippen molar-refractivity contribution in [3.05, 3.63) is 0 Å². The van der Waals surface area contributed by atoms with Gasteiger partial charge in [0.2, 0.25) is 0 Å². The van der Waals surface area contributed by atoms with Gasteiger partial charge in [-0.05, 0) is 25.4 Å². The fraction of sp³-hybridized carbons (Fsp3) is 1.00. The van der Waals surface area contributed by atoms with Crippen molar-refractivity contribution in [1.29, 1.82) is 0 Å². The first-order valence-electron chi connectivity index (χ1n) is 3.62. The summed E-state index contributed by atoms with van der Waals surface area (Å²) in [5, 5.41) is 11.7. The van der Waals surface area contributed by atoms with E-state index in [1.165, 1.54) is 0 Å². The van der Waals surface area contributed by atoms with Crippen molar-refractivity contribution in [3.63, 3.8) is 0 Å². The van der Waals surface area contributed by atoms with Crippen LogP contribution in [0.5, 0.6) is 0 Å². The first kappa shape index (κ1) is 8.92. The molecule has 0 aliphatic rings. The maximum Gasteiger partial charge on any atom is 0.0434 e. The van der Waals surface area contributed by atoms with Crippen LogP contribution in [0.2, 0.25) is 0 Å². The molecule has 0 aliphatic carbocycles. The third-order valence-electron chi connectivity index (χ3n) is 1.36. The molecule has 2 N–H and O–H groups in total. The summed E-state index contributed by atoms with van der Waals surface area (Å²) < 4.78 is 0. The van der Waals surface area contributed by atoms with Gasteiger partial charge < -0.3 is 10.4 Å². The van der Waals surface area contributed by atoms with Crippen LogP contribution in [0.4, 0.5) is 0 Å². The van der Waals surface area contributed by atoms with E-state index in [1.807, 2.05) is 0 Å². The largest absolute Gasteiger partial charge is 0.396 e. The maximum absolute atomic E-state index is 8.51. The molecular weight excluding hydrogens is 114 g/mol. The van der Waals surface area contributed by atoms with Crippen molar-refractivity contribution in [1.82, 2.24) is 5.32 Å².